The number of hydrogen-bond acceptors (Lipinski definition) is 6. The van der Waals surface area contributed by atoms with Gasteiger partial charge in [-0.3, -0.25) is 4.98 Å². The Hall–Kier alpha value is -2.46. The largest absolute Gasteiger partial charge is 0.490 e. The number of carbonyl (C=O) groups is 1. The standard InChI is InChI=1S/C14H10BrN3O3/c1-2-20-12-6-9(7-16)5-10(15)13(12)21-14(19)11-8-17-3-4-18-11/h3-6,8H,2H2,1H3. The number of nitriles is 1. The van der Waals surface area contributed by atoms with Gasteiger partial charge in [0.1, 0.15) is 0 Å². The zero-order valence-corrected chi connectivity index (χ0v) is 12.6. The summed E-state index contributed by atoms with van der Waals surface area (Å²) in [4.78, 5) is 19.7. The van der Waals surface area contributed by atoms with Gasteiger partial charge in [-0.25, -0.2) is 9.78 Å². The summed E-state index contributed by atoms with van der Waals surface area (Å²) in [6.45, 7) is 2.16. The number of esters is 1. The maximum atomic E-state index is 12.0. The first-order valence-corrected chi connectivity index (χ1v) is 6.79. The Bertz CT molecular complexity index is 699. The van der Waals surface area contributed by atoms with Gasteiger partial charge in [0.25, 0.3) is 0 Å². The predicted octanol–water partition coefficient (Wildman–Crippen LogP) is 2.73. The predicted molar refractivity (Wildman–Crippen MR) is 77.0 cm³/mol. The quantitative estimate of drug-likeness (QED) is 0.624. The average molecular weight is 348 g/mol. The van der Waals surface area contributed by atoms with Gasteiger partial charge in [0, 0.05) is 18.5 Å². The van der Waals surface area contributed by atoms with Crippen LogP contribution in [0, 0.1) is 11.3 Å². The lowest BCUT2D eigenvalue weighted by Gasteiger charge is -2.12. The molecule has 1 heterocycles. The third kappa shape index (κ3) is 3.55. The number of benzene rings is 1. The molecule has 6 nitrogen and oxygen atoms in total. The maximum Gasteiger partial charge on any atom is 0.364 e. The first-order chi connectivity index (χ1) is 10.2. The molecule has 1 aromatic heterocycles. The molecule has 0 aliphatic carbocycles. The number of ether oxygens (including phenoxy) is 2. The number of halogens is 1. The Labute approximate surface area is 129 Å². The number of hydrogen-bond donors (Lipinski definition) is 0. The maximum absolute atomic E-state index is 12.0. The molecule has 2 rings (SSSR count). The molecule has 0 aliphatic rings. The van der Waals surface area contributed by atoms with Crippen molar-refractivity contribution in [1.29, 1.82) is 5.26 Å². The van der Waals surface area contributed by atoms with Crippen LogP contribution in [0.5, 0.6) is 11.5 Å². The summed E-state index contributed by atoms with van der Waals surface area (Å²) >= 11 is 3.27. The van der Waals surface area contributed by atoms with Gasteiger partial charge in [0.15, 0.2) is 17.2 Å². The molecule has 0 radical (unpaired) electrons. The highest BCUT2D eigenvalue weighted by molar-refractivity contribution is 9.10. The second-order valence-electron chi connectivity index (χ2n) is 3.81. The Kier molecular flexibility index (Phi) is 4.85. The minimum atomic E-state index is -0.658. The lowest BCUT2D eigenvalue weighted by Crippen LogP contribution is -2.12. The SMILES string of the molecule is CCOc1cc(C#N)cc(Br)c1OC(=O)c1cnccn1. The topological polar surface area (TPSA) is 85.1 Å². The minimum Gasteiger partial charge on any atom is -0.490 e. The smallest absolute Gasteiger partial charge is 0.364 e. The average Bonchev–Trinajstić information content (AvgIpc) is 2.51. The fourth-order valence-corrected chi connectivity index (χ4v) is 2.07. The highest BCUT2D eigenvalue weighted by Crippen LogP contribution is 2.37. The summed E-state index contributed by atoms with van der Waals surface area (Å²) in [5.74, 6) is -0.151. The van der Waals surface area contributed by atoms with Crippen LogP contribution < -0.4 is 9.47 Å². The zero-order chi connectivity index (χ0) is 15.2. The van der Waals surface area contributed by atoms with E-state index in [4.69, 9.17) is 14.7 Å². The fourth-order valence-electron chi connectivity index (χ4n) is 1.54. The molecule has 0 N–H and O–H groups in total. The Balaban J connectivity index is 2.35. The van der Waals surface area contributed by atoms with E-state index in [0.29, 0.717) is 22.4 Å². The molecule has 21 heavy (non-hydrogen) atoms. The lowest BCUT2D eigenvalue weighted by atomic mass is 10.2. The Morgan fingerprint density at radius 2 is 2.24 bits per heavy atom. The van der Waals surface area contributed by atoms with E-state index >= 15 is 0 Å². The van der Waals surface area contributed by atoms with Crippen LogP contribution in [0.1, 0.15) is 23.0 Å². The molecule has 0 saturated heterocycles. The van der Waals surface area contributed by atoms with E-state index in [0.717, 1.165) is 0 Å². The Morgan fingerprint density at radius 3 is 2.86 bits per heavy atom. The van der Waals surface area contributed by atoms with E-state index in [1.165, 1.54) is 24.7 Å². The molecule has 2 aromatic rings. The normalized spacial score (nSPS) is 9.76. The molecule has 0 atom stereocenters. The van der Waals surface area contributed by atoms with E-state index in [9.17, 15) is 4.79 Å². The van der Waals surface area contributed by atoms with Gasteiger partial charge in [0.05, 0.1) is 28.9 Å². The third-order valence-electron chi connectivity index (χ3n) is 2.41. The van der Waals surface area contributed by atoms with E-state index < -0.39 is 5.97 Å². The summed E-state index contributed by atoms with van der Waals surface area (Å²) in [7, 11) is 0. The molecule has 106 valence electrons. The molecule has 0 bridgehead atoms. The molecule has 0 unspecified atom stereocenters. The van der Waals surface area contributed by atoms with Crippen molar-refractivity contribution in [3.63, 3.8) is 0 Å². The first-order valence-electron chi connectivity index (χ1n) is 6.00. The molecular weight excluding hydrogens is 338 g/mol. The molecule has 1 aromatic carbocycles. The van der Waals surface area contributed by atoms with Crippen molar-refractivity contribution in [2.45, 2.75) is 6.92 Å². The summed E-state index contributed by atoms with van der Waals surface area (Å²) in [6.07, 6.45) is 4.16. The van der Waals surface area contributed by atoms with Crippen LogP contribution in [-0.4, -0.2) is 22.5 Å². The van der Waals surface area contributed by atoms with Crippen LogP contribution >= 0.6 is 15.9 Å². The summed E-state index contributed by atoms with van der Waals surface area (Å²) in [5.41, 5.74) is 0.473. The van der Waals surface area contributed by atoms with Crippen molar-refractivity contribution in [3.8, 4) is 17.6 Å². The van der Waals surface area contributed by atoms with Crippen LogP contribution in [0.4, 0.5) is 0 Å². The highest BCUT2D eigenvalue weighted by atomic mass is 79.9. The number of aromatic nitrogens is 2. The van der Waals surface area contributed by atoms with Crippen LogP contribution in [0.15, 0.2) is 35.2 Å². The molecule has 0 aliphatic heterocycles. The zero-order valence-electron chi connectivity index (χ0n) is 11.0. The highest BCUT2D eigenvalue weighted by Gasteiger charge is 2.18. The van der Waals surface area contributed by atoms with Crippen LogP contribution in [0.2, 0.25) is 0 Å². The van der Waals surface area contributed by atoms with E-state index in [1.807, 2.05) is 6.07 Å². The monoisotopic (exact) mass is 347 g/mol. The first kappa shape index (κ1) is 14.9. The van der Waals surface area contributed by atoms with E-state index in [-0.39, 0.29) is 11.4 Å². The second-order valence-corrected chi connectivity index (χ2v) is 4.66. The van der Waals surface area contributed by atoms with E-state index in [1.54, 1.807) is 13.0 Å². The van der Waals surface area contributed by atoms with Gasteiger partial charge < -0.3 is 9.47 Å². The van der Waals surface area contributed by atoms with Crippen LogP contribution in [0.3, 0.4) is 0 Å². The van der Waals surface area contributed by atoms with Crippen molar-refractivity contribution in [2.24, 2.45) is 0 Å². The lowest BCUT2D eigenvalue weighted by molar-refractivity contribution is 0.0720. The molecule has 0 spiro atoms. The summed E-state index contributed by atoms with van der Waals surface area (Å²) in [6, 6.07) is 5.06. The van der Waals surface area contributed by atoms with Crippen molar-refractivity contribution in [1.82, 2.24) is 9.97 Å². The van der Waals surface area contributed by atoms with Gasteiger partial charge in [-0.05, 0) is 28.9 Å². The molecule has 0 saturated carbocycles. The van der Waals surface area contributed by atoms with Crippen LogP contribution in [-0.2, 0) is 0 Å². The third-order valence-corrected chi connectivity index (χ3v) is 2.99. The molecule has 0 amide bonds. The van der Waals surface area contributed by atoms with E-state index in [2.05, 4.69) is 25.9 Å². The number of rotatable bonds is 4. The Morgan fingerprint density at radius 1 is 1.43 bits per heavy atom. The minimum absolute atomic E-state index is 0.0798. The fraction of sp³-hybridized carbons (Fsp3) is 0.143. The molecular formula is C14H10BrN3O3. The van der Waals surface area contributed by atoms with Crippen molar-refractivity contribution in [2.75, 3.05) is 6.61 Å². The van der Waals surface area contributed by atoms with Gasteiger partial charge in [-0.15, -0.1) is 0 Å². The van der Waals surface area contributed by atoms with Gasteiger partial charge in [-0.2, -0.15) is 5.26 Å². The van der Waals surface area contributed by atoms with Gasteiger partial charge in [0.2, 0.25) is 0 Å². The molecule has 0 fully saturated rings. The van der Waals surface area contributed by atoms with Gasteiger partial charge >= 0.3 is 5.97 Å². The summed E-state index contributed by atoms with van der Waals surface area (Å²) < 4.78 is 11.1. The summed E-state index contributed by atoms with van der Waals surface area (Å²) in [5, 5.41) is 8.95. The van der Waals surface area contributed by atoms with Crippen molar-refractivity contribution >= 4 is 21.9 Å². The van der Waals surface area contributed by atoms with Crippen LogP contribution in [0.25, 0.3) is 0 Å². The molecule has 7 heteroatoms. The number of carbonyl (C=O) groups excluding carboxylic acids is 1. The van der Waals surface area contributed by atoms with Gasteiger partial charge in [-0.1, -0.05) is 0 Å². The van der Waals surface area contributed by atoms with Crippen molar-refractivity contribution < 1.29 is 14.3 Å². The van der Waals surface area contributed by atoms with Crippen molar-refractivity contribution in [3.05, 3.63) is 46.5 Å². The number of nitrogens with zero attached hydrogens (tertiary/aromatic N) is 3. The second kappa shape index (κ2) is 6.81.